The molecule has 5 nitrogen and oxygen atoms in total. The van der Waals surface area contributed by atoms with Crippen molar-refractivity contribution < 1.29 is 8.42 Å². The van der Waals surface area contributed by atoms with Crippen LogP contribution >= 0.6 is 15.9 Å². The first-order valence-corrected chi connectivity index (χ1v) is 8.49. The highest BCUT2D eigenvalue weighted by molar-refractivity contribution is 9.10. The Kier molecular flexibility index (Phi) is 4.62. The number of rotatable bonds is 5. The second kappa shape index (κ2) is 6.07. The molecule has 0 saturated heterocycles. The lowest BCUT2D eigenvalue weighted by atomic mass is 10.1. The fraction of sp³-hybridized carbons (Fsp3) is 0.308. The maximum absolute atomic E-state index is 11.7. The van der Waals surface area contributed by atoms with E-state index in [1.165, 1.54) is 18.4 Å². The van der Waals surface area contributed by atoms with Gasteiger partial charge < -0.3 is 5.32 Å². The molecule has 0 saturated carbocycles. The minimum Gasteiger partial charge on any atom is -0.368 e. The number of hydrogen-bond donors (Lipinski definition) is 1. The summed E-state index contributed by atoms with van der Waals surface area (Å²) in [6.45, 7) is 0.319. The number of nitrogens with one attached hydrogen (secondary N) is 1. The Morgan fingerprint density at radius 1 is 1.25 bits per heavy atom. The molecule has 0 spiro atoms. The Bertz CT molecular complexity index is 717. The van der Waals surface area contributed by atoms with Crippen LogP contribution in [0.2, 0.25) is 0 Å². The van der Waals surface area contributed by atoms with Crippen LogP contribution in [-0.2, 0) is 10.0 Å². The molecule has 1 aromatic carbocycles. The third-order valence-corrected chi connectivity index (χ3v) is 5.49. The molecular formula is C13H16BrN3O2S. The SMILES string of the molecule is CN(C)S(=O)(=O)CCNc1nccc2c(Br)cccc12. The third-order valence-electron chi connectivity index (χ3n) is 2.96. The molecule has 0 aliphatic heterocycles. The van der Waals surface area contributed by atoms with Gasteiger partial charge in [0.25, 0.3) is 0 Å². The molecule has 0 amide bonds. The van der Waals surface area contributed by atoms with Crippen molar-refractivity contribution in [2.75, 3.05) is 31.7 Å². The minimum absolute atomic E-state index is 0.0338. The third kappa shape index (κ3) is 3.28. The Morgan fingerprint density at radius 2 is 2.00 bits per heavy atom. The average molecular weight is 358 g/mol. The molecule has 0 unspecified atom stereocenters. The maximum Gasteiger partial charge on any atom is 0.215 e. The summed E-state index contributed by atoms with van der Waals surface area (Å²) in [4.78, 5) is 4.27. The van der Waals surface area contributed by atoms with Gasteiger partial charge in [-0.15, -0.1) is 0 Å². The Balaban J connectivity index is 2.17. The molecule has 0 aliphatic carbocycles. The van der Waals surface area contributed by atoms with Gasteiger partial charge in [-0.25, -0.2) is 17.7 Å². The number of anilines is 1. The van der Waals surface area contributed by atoms with Crippen LogP contribution in [0, 0.1) is 0 Å². The lowest BCUT2D eigenvalue weighted by molar-refractivity contribution is 0.521. The van der Waals surface area contributed by atoms with Gasteiger partial charge in [0.15, 0.2) is 0 Å². The summed E-state index contributed by atoms with van der Waals surface area (Å²) in [5.41, 5.74) is 0. The van der Waals surface area contributed by atoms with Crippen molar-refractivity contribution >= 4 is 42.5 Å². The molecule has 7 heteroatoms. The molecule has 20 heavy (non-hydrogen) atoms. The molecule has 1 heterocycles. The van der Waals surface area contributed by atoms with Crippen molar-refractivity contribution in [1.29, 1.82) is 0 Å². The second-order valence-electron chi connectivity index (χ2n) is 4.52. The number of nitrogens with zero attached hydrogens (tertiary/aromatic N) is 2. The van der Waals surface area contributed by atoms with Crippen molar-refractivity contribution in [3.63, 3.8) is 0 Å². The Morgan fingerprint density at radius 3 is 2.70 bits per heavy atom. The highest BCUT2D eigenvalue weighted by Crippen LogP contribution is 2.27. The second-order valence-corrected chi connectivity index (χ2v) is 7.68. The quantitative estimate of drug-likeness (QED) is 0.891. The standard InChI is InChI=1S/C13H16BrN3O2S/c1-17(2)20(18,19)9-8-16-13-11-4-3-5-12(14)10(11)6-7-15-13/h3-7H,8-9H2,1-2H3,(H,15,16). The van der Waals surface area contributed by atoms with Crippen LogP contribution < -0.4 is 5.32 Å². The van der Waals surface area contributed by atoms with E-state index in [4.69, 9.17) is 0 Å². The van der Waals surface area contributed by atoms with E-state index in [9.17, 15) is 8.42 Å². The van der Waals surface area contributed by atoms with E-state index >= 15 is 0 Å². The first-order chi connectivity index (χ1) is 9.42. The van der Waals surface area contributed by atoms with Crippen molar-refractivity contribution in [3.8, 4) is 0 Å². The largest absolute Gasteiger partial charge is 0.368 e. The van der Waals surface area contributed by atoms with Crippen molar-refractivity contribution in [2.45, 2.75) is 0 Å². The van der Waals surface area contributed by atoms with Crippen LogP contribution in [0.25, 0.3) is 10.8 Å². The van der Waals surface area contributed by atoms with E-state index in [0.29, 0.717) is 12.4 Å². The summed E-state index contributed by atoms with van der Waals surface area (Å²) in [5, 5.41) is 5.09. The predicted molar refractivity (Wildman–Crippen MR) is 85.4 cm³/mol. The lowest BCUT2D eigenvalue weighted by Crippen LogP contribution is -2.28. The van der Waals surface area contributed by atoms with E-state index < -0.39 is 10.0 Å². The van der Waals surface area contributed by atoms with Crippen LogP contribution in [0.3, 0.4) is 0 Å². The minimum atomic E-state index is -3.20. The summed E-state index contributed by atoms with van der Waals surface area (Å²) >= 11 is 3.49. The number of halogens is 1. The molecule has 0 atom stereocenters. The van der Waals surface area contributed by atoms with Crippen LogP contribution in [-0.4, -0.2) is 44.1 Å². The monoisotopic (exact) mass is 357 g/mol. The number of fused-ring (bicyclic) bond motifs is 1. The highest BCUT2D eigenvalue weighted by atomic mass is 79.9. The van der Waals surface area contributed by atoms with Crippen LogP contribution in [0.5, 0.6) is 0 Å². The molecule has 1 N–H and O–H groups in total. The molecule has 2 aromatic rings. The van der Waals surface area contributed by atoms with Gasteiger partial charge in [-0.05, 0) is 12.1 Å². The van der Waals surface area contributed by atoms with E-state index in [1.54, 1.807) is 6.20 Å². The summed E-state index contributed by atoms with van der Waals surface area (Å²) in [5.74, 6) is 0.726. The molecule has 0 radical (unpaired) electrons. The zero-order chi connectivity index (χ0) is 14.8. The molecule has 2 rings (SSSR count). The first kappa shape index (κ1) is 15.2. The Labute approximate surface area is 127 Å². The Hall–Kier alpha value is -1.18. The van der Waals surface area contributed by atoms with Gasteiger partial charge in [-0.3, -0.25) is 0 Å². The molecule has 108 valence electrons. The van der Waals surface area contributed by atoms with Gasteiger partial charge >= 0.3 is 0 Å². The van der Waals surface area contributed by atoms with Crippen LogP contribution in [0.1, 0.15) is 0 Å². The van der Waals surface area contributed by atoms with Gasteiger partial charge in [0, 0.05) is 42.1 Å². The fourth-order valence-corrected chi connectivity index (χ4v) is 3.01. The molecule has 0 fully saturated rings. The summed E-state index contributed by atoms with van der Waals surface area (Å²) in [6.07, 6.45) is 1.70. The normalized spacial score (nSPS) is 12.0. The van der Waals surface area contributed by atoms with Crippen molar-refractivity contribution in [3.05, 3.63) is 34.9 Å². The zero-order valence-electron chi connectivity index (χ0n) is 11.3. The van der Waals surface area contributed by atoms with E-state index in [0.717, 1.165) is 15.2 Å². The topological polar surface area (TPSA) is 62.3 Å². The van der Waals surface area contributed by atoms with Crippen LogP contribution in [0.4, 0.5) is 5.82 Å². The summed E-state index contributed by atoms with van der Waals surface area (Å²) < 4.78 is 25.6. The molecule has 0 bridgehead atoms. The number of hydrogen-bond acceptors (Lipinski definition) is 4. The smallest absolute Gasteiger partial charge is 0.215 e. The number of pyridine rings is 1. The van der Waals surface area contributed by atoms with E-state index in [-0.39, 0.29) is 5.75 Å². The fourth-order valence-electron chi connectivity index (χ4n) is 1.79. The van der Waals surface area contributed by atoms with Crippen molar-refractivity contribution in [1.82, 2.24) is 9.29 Å². The van der Waals surface area contributed by atoms with Gasteiger partial charge in [0.1, 0.15) is 5.82 Å². The number of benzene rings is 1. The van der Waals surface area contributed by atoms with Gasteiger partial charge in [0.05, 0.1) is 5.75 Å². The van der Waals surface area contributed by atoms with Gasteiger partial charge in [-0.1, -0.05) is 28.1 Å². The highest BCUT2D eigenvalue weighted by Gasteiger charge is 2.13. The van der Waals surface area contributed by atoms with E-state index in [1.807, 2.05) is 24.3 Å². The van der Waals surface area contributed by atoms with Gasteiger partial charge in [-0.2, -0.15) is 0 Å². The first-order valence-electron chi connectivity index (χ1n) is 6.09. The predicted octanol–water partition coefficient (Wildman–Crippen LogP) is 2.30. The zero-order valence-corrected chi connectivity index (χ0v) is 13.7. The number of sulfonamides is 1. The van der Waals surface area contributed by atoms with E-state index in [2.05, 4.69) is 26.2 Å². The van der Waals surface area contributed by atoms with Crippen molar-refractivity contribution in [2.24, 2.45) is 0 Å². The summed E-state index contributed by atoms with van der Waals surface area (Å²) in [7, 11) is -0.135. The maximum atomic E-state index is 11.7. The molecular weight excluding hydrogens is 342 g/mol. The lowest BCUT2D eigenvalue weighted by Gasteiger charge is -2.13. The average Bonchev–Trinajstić information content (AvgIpc) is 2.39. The molecule has 0 aliphatic rings. The van der Waals surface area contributed by atoms with Crippen LogP contribution in [0.15, 0.2) is 34.9 Å². The molecule has 1 aromatic heterocycles. The number of aromatic nitrogens is 1. The van der Waals surface area contributed by atoms with Gasteiger partial charge in [0.2, 0.25) is 10.0 Å². The summed E-state index contributed by atoms with van der Waals surface area (Å²) in [6, 6.07) is 7.76.